The van der Waals surface area contributed by atoms with Crippen LogP contribution in [0.2, 0.25) is 0 Å². The number of benzene rings is 1. The second-order valence-electron chi connectivity index (χ2n) is 5.57. The van der Waals surface area contributed by atoms with Crippen LogP contribution in [0.25, 0.3) is 11.2 Å². The highest BCUT2D eigenvalue weighted by Gasteiger charge is 2.22. The van der Waals surface area contributed by atoms with E-state index in [0.717, 1.165) is 6.20 Å². The van der Waals surface area contributed by atoms with Gasteiger partial charge in [0.2, 0.25) is 5.95 Å². The number of nitrogens with zero attached hydrogens (tertiary/aromatic N) is 3. The Morgan fingerprint density at radius 3 is 2.63 bits per heavy atom. The van der Waals surface area contributed by atoms with E-state index < -0.39 is 29.3 Å². The van der Waals surface area contributed by atoms with Crippen LogP contribution in [0.5, 0.6) is 0 Å². The van der Waals surface area contributed by atoms with E-state index in [0.29, 0.717) is 5.56 Å². The number of hydrogen-bond acceptors (Lipinski definition) is 7. The van der Waals surface area contributed by atoms with Crippen molar-refractivity contribution in [2.45, 2.75) is 12.5 Å². The summed E-state index contributed by atoms with van der Waals surface area (Å²) in [7, 11) is 0. The summed E-state index contributed by atoms with van der Waals surface area (Å²) >= 11 is 0. The summed E-state index contributed by atoms with van der Waals surface area (Å²) < 4.78 is 13.0. The molecule has 5 N–H and O–H groups in total. The fourth-order valence-corrected chi connectivity index (χ4v) is 2.33. The van der Waals surface area contributed by atoms with Crippen molar-refractivity contribution in [3.63, 3.8) is 0 Å². The SMILES string of the molecule is Nc1nc2nc(C(=O)N[C@@H](Cc3ccc(F)cc3)C(=O)O)cnc2c(=O)[nH]1. The zero-order valence-corrected chi connectivity index (χ0v) is 13.6. The Morgan fingerprint density at radius 1 is 1.26 bits per heavy atom. The van der Waals surface area contributed by atoms with E-state index in [4.69, 9.17) is 5.73 Å². The molecule has 0 aliphatic rings. The number of aromatic amines is 1. The lowest BCUT2D eigenvalue weighted by molar-refractivity contribution is -0.139. The summed E-state index contributed by atoms with van der Waals surface area (Å²) in [6, 6.07) is 3.95. The number of hydrogen-bond donors (Lipinski definition) is 4. The van der Waals surface area contributed by atoms with Gasteiger partial charge in [-0.3, -0.25) is 14.6 Å². The third-order valence-electron chi connectivity index (χ3n) is 3.63. The topological polar surface area (TPSA) is 164 Å². The van der Waals surface area contributed by atoms with Crippen molar-refractivity contribution in [1.82, 2.24) is 25.3 Å². The fraction of sp³-hybridized carbons (Fsp3) is 0.125. The molecule has 1 atom stereocenters. The predicted molar refractivity (Wildman–Crippen MR) is 91.4 cm³/mol. The number of aliphatic carboxylic acids is 1. The third kappa shape index (κ3) is 4.03. The zero-order chi connectivity index (χ0) is 19.6. The zero-order valence-electron chi connectivity index (χ0n) is 13.6. The number of H-pyrrole nitrogens is 1. The van der Waals surface area contributed by atoms with Gasteiger partial charge in [-0.15, -0.1) is 0 Å². The number of carbonyl (C=O) groups is 2. The van der Waals surface area contributed by atoms with Crippen LogP contribution in [0.15, 0.2) is 35.3 Å². The monoisotopic (exact) mass is 372 g/mol. The van der Waals surface area contributed by atoms with Gasteiger partial charge in [0, 0.05) is 6.42 Å². The van der Waals surface area contributed by atoms with Crippen LogP contribution >= 0.6 is 0 Å². The molecule has 10 nitrogen and oxygen atoms in total. The van der Waals surface area contributed by atoms with Crippen molar-refractivity contribution < 1.29 is 19.1 Å². The number of carbonyl (C=O) groups excluding carboxylic acids is 1. The molecule has 11 heteroatoms. The molecule has 0 aliphatic heterocycles. The maximum absolute atomic E-state index is 13.0. The van der Waals surface area contributed by atoms with Crippen LogP contribution in [-0.2, 0) is 11.2 Å². The summed E-state index contributed by atoms with van der Waals surface area (Å²) in [4.78, 5) is 49.2. The smallest absolute Gasteiger partial charge is 0.326 e. The molecule has 138 valence electrons. The number of nitrogen functional groups attached to an aromatic ring is 1. The van der Waals surface area contributed by atoms with Crippen molar-refractivity contribution in [3.8, 4) is 0 Å². The number of halogens is 1. The number of carboxylic acid groups (broad SMARTS) is 1. The number of rotatable bonds is 5. The van der Waals surface area contributed by atoms with E-state index in [9.17, 15) is 23.9 Å². The molecule has 3 aromatic rings. The number of fused-ring (bicyclic) bond motifs is 1. The molecule has 1 aromatic carbocycles. The molecule has 3 rings (SSSR count). The second-order valence-corrected chi connectivity index (χ2v) is 5.57. The maximum Gasteiger partial charge on any atom is 0.326 e. The fourth-order valence-electron chi connectivity index (χ4n) is 2.33. The van der Waals surface area contributed by atoms with Gasteiger partial charge in [0.1, 0.15) is 17.6 Å². The van der Waals surface area contributed by atoms with Gasteiger partial charge in [-0.05, 0) is 17.7 Å². The van der Waals surface area contributed by atoms with Crippen LogP contribution in [0.3, 0.4) is 0 Å². The van der Waals surface area contributed by atoms with E-state index in [2.05, 4.69) is 25.3 Å². The molecular weight excluding hydrogens is 359 g/mol. The number of nitrogens with two attached hydrogens (primary N) is 1. The van der Waals surface area contributed by atoms with Crippen molar-refractivity contribution in [2.75, 3.05) is 5.73 Å². The normalized spacial score (nSPS) is 11.9. The van der Waals surface area contributed by atoms with Crippen LogP contribution < -0.4 is 16.6 Å². The minimum Gasteiger partial charge on any atom is -0.480 e. The van der Waals surface area contributed by atoms with Crippen LogP contribution in [0.4, 0.5) is 10.3 Å². The lowest BCUT2D eigenvalue weighted by Gasteiger charge is -2.14. The largest absolute Gasteiger partial charge is 0.480 e. The highest BCUT2D eigenvalue weighted by Crippen LogP contribution is 2.08. The Labute approximate surface area is 150 Å². The van der Waals surface area contributed by atoms with E-state index >= 15 is 0 Å². The number of aromatic nitrogens is 4. The van der Waals surface area contributed by atoms with Gasteiger partial charge in [0.25, 0.3) is 11.5 Å². The summed E-state index contributed by atoms with van der Waals surface area (Å²) in [5.74, 6) is -2.75. The Balaban J connectivity index is 1.83. The lowest BCUT2D eigenvalue weighted by atomic mass is 10.1. The predicted octanol–water partition coefficient (Wildman–Crippen LogP) is -0.140. The minimum absolute atomic E-state index is 0.0623. The Morgan fingerprint density at radius 2 is 1.96 bits per heavy atom. The first-order valence-corrected chi connectivity index (χ1v) is 7.64. The minimum atomic E-state index is -1.28. The molecule has 2 aromatic heterocycles. The van der Waals surface area contributed by atoms with Gasteiger partial charge in [-0.1, -0.05) is 12.1 Å². The maximum atomic E-state index is 13.0. The van der Waals surface area contributed by atoms with Gasteiger partial charge < -0.3 is 16.2 Å². The van der Waals surface area contributed by atoms with Gasteiger partial charge >= 0.3 is 5.97 Å². The molecule has 0 unspecified atom stereocenters. The van der Waals surface area contributed by atoms with Crippen LogP contribution in [0, 0.1) is 5.82 Å². The van der Waals surface area contributed by atoms with Crippen molar-refractivity contribution in [1.29, 1.82) is 0 Å². The quantitative estimate of drug-likeness (QED) is 0.480. The number of anilines is 1. The van der Waals surface area contributed by atoms with Gasteiger partial charge in [-0.25, -0.2) is 19.2 Å². The van der Waals surface area contributed by atoms with E-state index in [-0.39, 0.29) is 29.2 Å². The Kier molecular flexibility index (Phi) is 4.75. The number of amides is 1. The van der Waals surface area contributed by atoms with Gasteiger partial charge in [0.15, 0.2) is 11.2 Å². The molecule has 0 fully saturated rings. The van der Waals surface area contributed by atoms with Crippen molar-refractivity contribution in [3.05, 3.63) is 57.9 Å². The lowest BCUT2D eigenvalue weighted by Crippen LogP contribution is -2.42. The second kappa shape index (κ2) is 7.15. The molecule has 1 amide bonds. The standard InChI is InChI=1S/C16H13FN6O4/c17-8-3-1-7(2-4-8)5-9(15(26)27)21-13(24)10-6-19-11-12(20-10)22-16(18)23-14(11)25/h1-4,6,9H,5H2,(H,21,24)(H,26,27)(H3,18,20,22,23,25)/t9-/m0/s1. The molecule has 0 spiro atoms. The van der Waals surface area contributed by atoms with E-state index in [1.54, 1.807) is 0 Å². The molecule has 2 heterocycles. The first-order chi connectivity index (χ1) is 12.8. The van der Waals surface area contributed by atoms with E-state index in [1.165, 1.54) is 24.3 Å². The van der Waals surface area contributed by atoms with Gasteiger partial charge in [0.05, 0.1) is 6.20 Å². The van der Waals surface area contributed by atoms with Crippen molar-refractivity contribution >= 4 is 29.0 Å². The summed E-state index contributed by atoms with van der Waals surface area (Å²) in [5.41, 5.74) is 4.85. The highest BCUT2D eigenvalue weighted by molar-refractivity contribution is 5.95. The average molecular weight is 372 g/mol. The summed E-state index contributed by atoms with van der Waals surface area (Å²) in [6.45, 7) is 0. The summed E-state index contributed by atoms with van der Waals surface area (Å²) in [5, 5.41) is 11.6. The molecule has 0 saturated heterocycles. The van der Waals surface area contributed by atoms with Gasteiger partial charge in [-0.2, -0.15) is 4.98 Å². The van der Waals surface area contributed by atoms with Crippen LogP contribution in [-0.4, -0.2) is 43.0 Å². The molecular formula is C16H13FN6O4. The molecule has 0 radical (unpaired) electrons. The first-order valence-electron chi connectivity index (χ1n) is 7.64. The first kappa shape index (κ1) is 17.9. The third-order valence-corrected chi connectivity index (χ3v) is 3.63. The van der Waals surface area contributed by atoms with Crippen LogP contribution in [0.1, 0.15) is 16.1 Å². The Hall–Kier alpha value is -3.89. The molecule has 0 bridgehead atoms. The van der Waals surface area contributed by atoms with Crippen molar-refractivity contribution in [2.24, 2.45) is 0 Å². The summed E-state index contributed by atoms with van der Waals surface area (Å²) in [6.07, 6.45) is 0.967. The average Bonchev–Trinajstić information content (AvgIpc) is 2.62. The highest BCUT2D eigenvalue weighted by atomic mass is 19.1. The molecule has 27 heavy (non-hydrogen) atoms. The molecule has 0 aliphatic carbocycles. The number of carboxylic acids is 1. The molecule has 0 saturated carbocycles. The Bertz CT molecular complexity index is 1080. The number of nitrogens with one attached hydrogen (secondary N) is 2. The van der Waals surface area contributed by atoms with E-state index in [1.807, 2.05) is 0 Å².